The van der Waals surface area contributed by atoms with Gasteiger partial charge in [-0.2, -0.15) is 19.5 Å². The molecule has 0 radical (unpaired) electrons. The van der Waals surface area contributed by atoms with Crippen molar-refractivity contribution in [2.24, 2.45) is 5.92 Å². The van der Waals surface area contributed by atoms with Crippen molar-refractivity contribution < 1.29 is 14.3 Å². The normalized spacial score (nSPS) is 18.7. The van der Waals surface area contributed by atoms with Crippen LogP contribution in [0.25, 0.3) is 17.4 Å². The summed E-state index contributed by atoms with van der Waals surface area (Å²) in [5.41, 5.74) is 5.53. The number of piperazine rings is 1. The quantitative estimate of drug-likeness (QED) is 0.380. The van der Waals surface area contributed by atoms with Gasteiger partial charge in [0, 0.05) is 32.7 Å². The molecule has 0 unspecified atom stereocenters. The number of aromatic nitrogens is 5. The second-order valence-electron chi connectivity index (χ2n) is 10.6. The molecule has 3 aromatic rings. The zero-order chi connectivity index (χ0) is 26.7. The van der Waals surface area contributed by atoms with Crippen LogP contribution in [-0.4, -0.2) is 89.7 Å². The lowest BCUT2D eigenvalue weighted by atomic mass is 9.83. The number of fused-ring (bicyclic) bond motifs is 1. The summed E-state index contributed by atoms with van der Waals surface area (Å²) in [6.45, 7) is 7.43. The summed E-state index contributed by atoms with van der Waals surface area (Å²) < 4.78 is 6.77. The molecule has 4 N–H and O–H groups in total. The molecular weight excluding hydrogens is 486 g/mol. The Bertz CT molecular complexity index is 1210. The van der Waals surface area contributed by atoms with Crippen LogP contribution in [0.3, 0.4) is 0 Å². The Morgan fingerprint density at radius 1 is 1.16 bits per heavy atom. The summed E-state index contributed by atoms with van der Waals surface area (Å²) in [6.07, 6.45) is 8.36. The van der Waals surface area contributed by atoms with E-state index in [0.717, 1.165) is 51.6 Å². The molecule has 2 aliphatic rings. The Kier molecular flexibility index (Phi) is 7.80. The van der Waals surface area contributed by atoms with Crippen molar-refractivity contribution in [1.29, 1.82) is 0 Å². The van der Waals surface area contributed by atoms with E-state index in [9.17, 15) is 9.90 Å². The minimum absolute atomic E-state index is 0.0672. The Labute approximate surface area is 222 Å². The van der Waals surface area contributed by atoms with Crippen LogP contribution < -0.4 is 11.1 Å². The number of anilines is 2. The van der Waals surface area contributed by atoms with Crippen LogP contribution in [0.1, 0.15) is 58.8 Å². The zero-order valence-corrected chi connectivity index (χ0v) is 22.3. The summed E-state index contributed by atoms with van der Waals surface area (Å²) in [7, 11) is 0. The first-order chi connectivity index (χ1) is 18.4. The highest BCUT2D eigenvalue weighted by atomic mass is 16.3. The molecule has 1 atom stereocenters. The van der Waals surface area contributed by atoms with Gasteiger partial charge in [0.25, 0.3) is 5.78 Å². The second-order valence-corrected chi connectivity index (χ2v) is 10.6. The van der Waals surface area contributed by atoms with Crippen molar-refractivity contribution in [2.45, 2.75) is 70.4 Å². The number of nitrogens with two attached hydrogens (primary N) is 1. The molecule has 0 aromatic carbocycles. The summed E-state index contributed by atoms with van der Waals surface area (Å²) in [5.74, 6) is 1.82. The highest BCUT2D eigenvalue weighted by Crippen LogP contribution is 2.29. The van der Waals surface area contributed by atoms with Gasteiger partial charge in [0.15, 0.2) is 5.76 Å². The maximum atomic E-state index is 13.9. The first-order valence-electron chi connectivity index (χ1n) is 13.8. The maximum Gasteiger partial charge on any atom is 0.259 e. The van der Waals surface area contributed by atoms with Crippen molar-refractivity contribution in [3.63, 3.8) is 0 Å². The van der Waals surface area contributed by atoms with Crippen LogP contribution in [0, 0.1) is 5.92 Å². The molecule has 206 valence electrons. The molecule has 1 aliphatic carbocycles. The molecule has 38 heavy (non-hydrogen) atoms. The molecule has 12 nitrogen and oxygen atoms in total. The lowest BCUT2D eigenvalue weighted by Gasteiger charge is -2.41. The number of nitrogens with one attached hydrogen (secondary N) is 1. The van der Waals surface area contributed by atoms with Crippen molar-refractivity contribution in [3.8, 4) is 11.6 Å². The fourth-order valence-corrected chi connectivity index (χ4v) is 5.58. The minimum atomic E-state index is -0.674. The van der Waals surface area contributed by atoms with E-state index in [4.69, 9.17) is 10.2 Å². The van der Waals surface area contributed by atoms with Crippen molar-refractivity contribution in [1.82, 2.24) is 34.4 Å². The van der Waals surface area contributed by atoms with Gasteiger partial charge in [0.1, 0.15) is 6.04 Å². The molecule has 1 saturated carbocycles. The van der Waals surface area contributed by atoms with E-state index in [-0.39, 0.29) is 29.5 Å². The monoisotopic (exact) mass is 525 g/mol. The van der Waals surface area contributed by atoms with Crippen LogP contribution in [0.15, 0.2) is 22.8 Å². The molecule has 4 heterocycles. The fourth-order valence-electron chi connectivity index (χ4n) is 5.58. The molecule has 0 bridgehead atoms. The number of hydrogen-bond acceptors (Lipinski definition) is 10. The van der Waals surface area contributed by atoms with Gasteiger partial charge in [-0.15, -0.1) is 5.10 Å². The van der Waals surface area contributed by atoms with Crippen LogP contribution in [0.5, 0.6) is 0 Å². The maximum absolute atomic E-state index is 13.9. The predicted molar refractivity (Wildman–Crippen MR) is 143 cm³/mol. The molecule has 1 saturated heterocycles. The van der Waals surface area contributed by atoms with Gasteiger partial charge in [-0.1, -0.05) is 33.1 Å². The van der Waals surface area contributed by atoms with E-state index >= 15 is 0 Å². The molecule has 3 aromatic heterocycles. The third-order valence-electron chi connectivity index (χ3n) is 8.16. The number of carbonyl (C=O) groups excluding carboxylic acids is 1. The lowest BCUT2D eigenvalue weighted by Crippen LogP contribution is -2.56. The number of nitrogens with zero attached hydrogens (tertiary/aromatic N) is 7. The largest absolute Gasteiger partial charge is 0.461 e. The first kappa shape index (κ1) is 26.4. The number of hydrogen-bond donors (Lipinski definition) is 3. The van der Waals surface area contributed by atoms with Crippen LogP contribution in [-0.2, 0) is 4.79 Å². The Morgan fingerprint density at radius 3 is 2.55 bits per heavy atom. The van der Waals surface area contributed by atoms with E-state index in [1.165, 1.54) is 10.9 Å². The van der Waals surface area contributed by atoms with Gasteiger partial charge >= 0.3 is 0 Å². The van der Waals surface area contributed by atoms with E-state index in [1.54, 1.807) is 18.4 Å². The smallest absolute Gasteiger partial charge is 0.259 e. The summed E-state index contributed by atoms with van der Waals surface area (Å²) in [4.78, 5) is 31.5. The van der Waals surface area contributed by atoms with Gasteiger partial charge in [-0.3, -0.25) is 9.69 Å². The van der Waals surface area contributed by atoms with Gasteiger partial charge in [0.05, 0.1) is 11.9 Å². The number of β-amino-alcohol motifs (C(OH)–C–C–N with tert-alkyl or cyclic N) is 1. The highest BCUT2D eigenvalue weighted by Gasteiger charge is 2.36. The molecule has 2 fully saturated rings. The van der Waals surface area contributed by atoms with Crippen molar-refractivity contribution >= 4 is 23.6 Å². The van der Waals surface area contributed by atoms with E-state index < -0.39 is 11.6 Å². The Morgan fingerprint density at radius 2 is 1.89 bits per heavy atom. The summed E-state index contributed by atoms with van der Waals surface area (Å²) in [6, 6.07) is 3.08. The molecular formula is C26H39N9O3. The predicted octanol–water partition coefficient (Wildman–Crippen LogP) is 2.42. The van der Waals surface area contributed by atoms with Crippen LogP contribution in [0.4, 0.5) is 11.9 Å². The number of nitrogen functional groups attached to an aromatic ring is 1. The SMILES string of the molecule is CCC(O)(CC)CN1CCN(C(=O)[C@@H](Nc2nc(N)n3nc(-c4ccco4)nc3n2)C2CCCCC2)CC1. The van der Waals surface area contributed by atoms with E-state index in [2.05, 4.69) is 30.3 Å². The van der Waals surface area contributed by atoms with Gasteiger partial charge < -0.3 is 25.5 Å². The minimum Gasteiger partial charge on any atom is -0.461 e. The summed E-state index contributed by atoms with van der Waals surface area (Å²) >= 11 is 0. The number of amides is 1. The van der Waals surface area contributed by atoms with E-state index in [0.29, 0.717) is 31.2 Å². The summed E-state index contributed by atoms with van der Waals surface area (Å²) in [5, 5.41) is 18.5. The van der Waals surface area contributed by atoms with Crippen LogP contribution in [0.2, 0.25) is 0 Å². The molecule has 5 rings (SSSR count). The first-order valence-corrected chi connectivity index (χ1v) is 13.8. The average molecular weight is 526 g/mol. The average Bonchev–Trinajstić information content (AvgIpc) is 3.63. The molecule has 0 spiro atoms. The van der Waals surface area contributed by atoms with Crippen molar-refractivity contribution in [2.75, 3.05) is 43.8 Å². The van der Waals surface area contributed by atoms with E-state index in [1.807, 2.05) is 18.7 Å². The molecule has 12 heteroatoms. The standard InChI is InChI=1S/C26H39N9O3/c1-3-26(37,4-2)17-33-12-14-34(15-13-33)22(36)20(18-9-6-5-7-10-18)28-24-30-23(27)35-25(31-24)29-21(32-35)19-11-8-16-38-19/h8,11,16,18,20,37H,3-7,9-10,12-15,17H2,1-2H3,(H3,27,28,29,30,31,32)/t20-/m0/s1. The topological polar surface area (TPSA) is 151 Å². The molecule has 1 amide bonds. The number of rotatable bonds is 9. The highest BCUT2D eigenvalue weighted by molar-refractivity contribution is 5.85. The van der Waals surface area contributed by atoms with Crippen molar-refractivity contribution in [3.05, 3.63) is 18.4 Å². The Balaban J connectivity index is 1.32. The third kappa shape index (κ3) is 5.60. The lowest BCUT2D eigenvalue weighted by molar-refractivity contribution is -0.135. The fraction of sp³-hybridized carbons (Fsp3) is 0.654. The molecule has 1 aliphatic heterocycles. The number of aliphatic hydroxyl groups is 1. The number of furan rings is 1. The zero-order valence-electron chi connectivity index (χ0n) is 22.3. The van der Waals surface area contributed by atoms with Gasteiger partial charge in [-0.25, -0.2) is 0 Å². The number of carbonyl (C=O) groups is 1. The van der Waals surface area contributed by atoms with Gasteiger partial charge in [0.2, 0.25) is 23.6 Å². The third-order valence-corrected chi connectivity index (χ3v) is 8.16. The van der Waals surface area contributed by atoms with Crippen LogP contribution >= 0.6 is 0 Å². The van der Waals surface area contributed by atoms with Gasteiger partial charge in [-0.05, 0) is 43.7 Å². The Hall–Kier alpha value is -3.25. The second kappa shape index (κ2) is 11.2.